The van der Waals surface area contributed by atoms with Gasteiger partial charge in [0, 0.05) is 12.1 Å². The summed E-state index contributed by atoms with van der Waals surface area (Å²) in [6.07, 6.45) is -1.18. The second-order valence-electron chi connectivity index (χ2n) is 7.00. The Morgan fingerprint density at radius 1 is 1.20 bits per heavy atom. The Balaban J connectivity index is 1.79. The normalized spacial score (nSPS) is 28.0. The van der Waals surface area contributed by atoms with Crippen LogP contribution in [0, 0.1) is 0 Å². The summed E-state index contributed by atoms with van der Waals surface area (Å²) in [6, 6.07) is 5.45. The number of likely N-dealkylation sites (tertiary alicyclic amines) is 1. The monoisotopic (exact) mass is 356 g/mol. The Morgan fingerprint density at radius 2 is 1.92 bits per heavy atom. The predicted molar refractivity (Wildman–Crippen MR) is 87.6 cm³/mol. The Morgan fingerprint density at radius 3 is 2.56 bits per heavy atom. The maximum absolute atomic E-state index is 13.0. The molecule has 1 aromatic carbocycles. The van der Waals surface area contributed by atoms with Gasteiger partial charge < -0.3 is 10.4 Å². The zero-order valence-corrected chi connectivity index (χ0v) is 13.9. The van der Waals surface area contributed by atoms with Crippen LogP contribution >= 0.6 is 0 Å². The number of halogens is 3. The molecule has 138 valence electrons. The first-order valence-corrected chi connectivity index (χ1v) is 8.75. The number of hydrogen-bond donors (Lipinski definition) is 2. The number of hydrogen-bond acceptors (Lipinski definition) is 2. The lowest BCUT2D eigenvalue weighted by molar-refractivity contribution is -0.137. The molecule has 2 aliphatic rings. The summed E-state index contributed by atoms with van der Waals surface area (Å²) >= 11 is 0. The fourth-order valence-electron chi connectivity index (χ4n) is 4.22. The Bertz CT molecular complexity index is 615. The summed E-state index contributed by atoms with van der Waals surface area (Å²) in [6.45, 7) is 1.86. The Kier molecular flexibility index (Phi) is 5.22. The Hall–Kier alpha value is -1.76. The number of rotatable bonds is 3. The molecule has 3 rings (SSSR count). The van der Waals surface area contributed by atoms with E-state index < -0.39 is 17.8 Å². The molecule has 0 spiro atoms. The molecule has 1 heterocycles. The third kappa shape index (κ3) is 4.26. The minimum absolute atomic E-state index is 0.0275. The highest BCUT2D eigenvalue weighted by atomic mass is 19.4. The molecule has 1 aromatic rings. The van der Waals surface area contributed by atoms with Crippen LogP contribution in [0.1, 0.15) is 49.1 Å². The van der Waals surface area contributed by atoms with Gasteiger partial charge in [-0.15, -0.1) is 0 Å². The highest BCUT2D eigenvalue weighted by molar-refractivity contribution is 5.65. The molecule has 2 N–H and O–H groups in total. The minimum atomic E-state index is -4.34. The second kappa shape index (κ2) is 7.23. The van der Waals surface area contributed by atoms with Gasteiger partial charge in [-0.25, -0.2) is 4.79 Å². The quantitative estimate of drug-likeness (QED) is 0.858. The van der Waals surface area contributed by atoms with Crippen LogP contribution in [-0.4, -0.2) is 41.3 Å². The number of benzene rings is 1. The van der Waals surface area contributed by atoms with Crippen molar-refractivity contribution in [3.05, 3.63) is 35.4 Å². The summed E-state index contributed by atoms with van der Waals surface area (Å²) in [7, 11) is 0. The van der Waals surface area contributed by atoms with Gasteiger partial charge >= 0.3 is 12.3 Å². The molecule has 25 heavy (non-hydrogen) atoms. The summed E-state index contributed by atoms with van der Waals surface area (Å²) in [5.41, 5.74) is 0.0845. The average molecular weight is 356 g/mol. The molecule has 2 fully saturated rings. The smallest absolute Gasteiger partial charge is 0.416 e. The molecule has 0 bridgehead atoms. The van der Waals surface area contributed by atoms with Crippen molar-refractivity contribution in [2.45, 2.75) is 56.3 Å². The van der Waals surface area contributed by atoms with Gasteiger partial charge in [-0.2, -0.15) is 13.2 Å². The molecule has 1 amide bonds. The van der Waals surface area contributed by atoms with Gasteiger partial charge in [0.1, 0.15) is 0 Å². The van der Waals surface area contributed by atoms with Crippen LogP contribution in [0.5, 0.6) is 0 Å². The molecule has 0 unspecified atom stereocenters. The first-order chi connectivity index (χ1) is 11.8. The highest BCUT2D eigenvalue weighted by Gasteiger charge is 2.37. The zero-order valence-electron chi connectivity index (χ0n) is 13.9. The van der Waals surface area contributed by atoms with Crippen LogP contribution in [-0.2, 0) is 6.18 Å². The minimum Gasteiger partial charge on any atom is -0.465 e. The molecule has 3 atom stereocenters. The van der Waals surface area contributed by atoms with Gasteiger partial charge in [-0.05, 0) is 62.7 Å². The number of nitrogens with zero attached hydrogens (tertiary/aromatic N) is 1. The van der Waals surface area contributed by atoms with E-state index in [-0.39, 0.29) is 18.0 Å². The van der Waals surface area contributed by atoms with Crippen LogP contribution in [0.15, 0.2) is 24.3 Å². The largest absolute Gasteiger partial charge is 0.465 e. The summed E-state index contributed by atoms with van der Waals surface area (Å²) in [5, 5.41) is 11.7. The van der Waals surface area contributed by atoms with Crippen LogP contribution in [0.2, 0.25) is 0 Å². The molecule has 1 saturated heterocycles. The van der Waals surface area contributed by atoms with Crippen molar-refractivity contribution in [3.8, 4) is 0 Å². The molecule has 1 saturated carbocycles. The topological polar surface area (TPSA) is 52.6 Å². The van der Waals surface area contributed by atoms with Crippen LogP contribution < -0.4 is 5.32 Å². The molecular formula is C18H23F3N2O2. The van der Waals surface area contributed by atoms with Crippen LogP contribution in [0.25, 0.3) is 0 Å². The standard InChI is InChI=1S/C18H23F3N2O2/c19-18(20,21)14-5-3-4-12(10-14)13-6-7-15(22-17(24)25)16(11-13)23-8-1-2-9-23/h3-5,10,13,15-16,22H,1-2,6-9,11H2,(H,24,25)/t13-,15-,16-/m0/s1. The molecule has 1 aliphatic heterocycles. The van der Waals surface area contributed by atoms with Crippen molar-refractivity contribution in [2.75, 3.05) is 13.1 Å². The summed E-state index contributed by atoms with van der Waals surface area (Å²) in [4.78, 5) is 13.4. The Labute approximate surface area is 145 Å². The molecule has 0 radical (unpaired) electrons. The zero-order chi connectivity index (χ0) is 18.0. The lowest BCUT2D eigenvalue weighted by Gasteiger charge is -2.41. The number of carboxylic acid groups (broad SMARTS) is 1. The van der Waals surface area contributed by atoms with Crippen LogP contribution in [0.4, 0.5) is 18.0 Å². The second-order valence-corrected chi connectivity index (χ2v) is 7.00. The predicted octanol–water partition coefficient (Wildman–Crippen LogP) is 4.07. The molecular weight excluding hydrogens is 333 g/mol. The number of nitrogens with one attached hydrogen (secondary N) is 1. The van der Waals surface area contributed by atoms with E-state index in [1.807, 2.05) is 0 Å². The van der Waals surface area contributed by atoms with Gasteiger partial charge in [-0.3, -0.25) is 4.90 Å². The van der Waals surface area contributed by atoms with E-state index in [0.29, 0.717) is 24.8 Å². The molecule has 4 nitrogen and oxygen atoms in total. The van der Waals surface area contributed by atoms with Gasteiger partial charge in [0.05, 0.1) is 5.56 Å². The number of amides is 1. The lowest BCUT2D eigenvalue weighted by atomic mass is 9.78. The van der Waals surface area contributed by atoms with E-state index >= 15 is 0 Å². The first-order valence-electron chi connectivity index (χ1n) is 8.75. The van der Waals surface area contributed by atoms with Crippen molar-refractivity contribution in [1.82, 2.24) is 10.2 Å². The SMILES string of the molecule is O=C(O)N[C@H]1CC[C@H](c2cccc(C(F)(F)F)c2)C[C@@H]1N1CCCC1. The van der Waals surface area contributed by atoms with E-state index in [2.05, 4.69) is 10.2 Å². The number of carbonyl (C=O) groups is 1. The van der Waals surface area contributed by atoms with Crippen molar-refractivity contribution in [1.29, 1.82) is 0 Å². The fourth-order valence-corrected chi connectivity index (χ4v) is 4.22. The van der Waals surface area contributed by atoms with E-state index in [1.54, 1.807) is 6.07 Å². The summed E-state index contributed by atoms with van der Waals surface area (Å²) in [5.74, 6) is 0.0275. The van der Waals surface area contributed by atoms with E-state index in [4.69, 9.17) is 5.11 Å². The summed E-state index contributed by atoms with van der Waals surface area (Å²) < 4.78 is 38.9. The third-order valence-electron chi connectivity index (χ3n) is 5.42. The lowest BCUT2D eigenvalue weighted by Crippen LogP contribution is -2.53. The van der Waals surface area contributed by atoms with E-state index in [1.165, 1.54) is 12.1 Å². The highest BCUT2D eigenvalue weighted by Crippen LogP contribution is 2.38. The molecule has 0 aromatic heterocycles. The van der Waals surface area contributed by atoms with Crippen molar-refractivity contribution >= 4 is 6.09 Å². The van der Waals surface area contributed by atoms with Crippen LogP contribution in [0.3, 0.4) is 0 Å². The third-order valence-corrected chi connectivity index (χ3v) is 5.42. The van der Waals surface area contributed by atoms with E-state index in [9.17, 15) is 18.0 Å². The first kappa shape index (κ1) is 18.0. The molecule has 7 heteroatoms. The van der Waals surface area contributed by atoms with Gasteiger partial charge in [0.15, 0.2) is 0 Å². The van der Waals surface area contributed by atoms with Crippen molar-refractivity contribution in [3.63, 3.8) is 0 Å². The fraction of sp³-hybridized carbons (Fsp3) is 0.611. The molecule has 1 aliphatic carbocycles. The average Bonchev–Trinajstić information content (AvgIpc) is 3.08. The van der Waals surface area contributed by atoms with Gasteiger partial charge in [0.25, 0.3) is 0 Å². The van der Waals surface area contributed by atoms with Crippen molar-refractivity contribution < 1.29 is 23.1 Å². The maximum Gasteiger partial charge on any atom is 0.416 e. The van der Waals surface area contributed by atoms with Crippen molar-refractivity contribution in [2.24, 2.45) is 0 Å². The van der Waals surface area contributed by atoms with E-state index in [0.717, 1.165) is 32.0 Å². The van der Waals surface area contributed by atoms with Gasteiger partial charge in [0.2, 0.25) is 0 Å². The maximum atomic E-state index is 13.0. The number of alkyl halides is 3. The van der Waals surface area contributed by atoms with Gasteiger partial charge in [-0.1, -0.05) is 18.2 Å².